The third kappa shape index (κ3) is 1.15. The molecule has 3 rings (SSSR count). The summed E-state index contributed by atoms with van der Waals surface area (Å²) in [4.78, 5) is 4.26. The Morgan fingerprint density at radius 1 is 0.867 bits per heavy atom. The summed E-state index contributed by atoms with van der Waals surface area (Å²) in [6.45, 7) is 0. The molecule has 1 N–H and O–H groups in total. The van der Waals surface area contributed by atoms with Gasteiger partial charge in [0.2, 0.25) is 0 Å². The van der Waals surface area contributed by atoms with Gasteiger partial charge in [0.1, 0.15) is 11.3 Å². The van der Waals surface area contributed by atoms with Crippen molar-refractivity contribution < 1.29 is 5.11 Å². The van der Waals surface area contributed by atoms with Crippen LogP contribution in [0, 0.1) is 0 Å². The molecule has 0 atom stereocenters. The average Bonchev–Trinajstić information content (AvgIpc) is 2.29. The summed E-state index contributed by atoms with van der Waals surface area (Å²) in [7, 11) is 0. The van der Waals surface area contributed by atoms with E-state index >= 15 is 0 Å². The minimum atomic E-state index is 0.234. The Kier molecular flexibility index (Phi) is 1.62. The second-order valence-corrected chi connectivity index (χ2v) is 3.52. The largest absolute Gasteiger partial charge is 0.506 e. The molecule has 0 amide bonds. The maximum atomic E-state index is 9.67. The minimum Gasteiger partial charge on any atom is -0.506 e. The number of phenolic OH excluding ortho intramolecular Hbond substituents is 1. The van der Waals surface area contributed by atoms with Gasteiger partial charge in [-0.25, -0.2) is 0 Å². The molecule has 0 radical (unpaired) electrons. The summed E-state index contributed by atoms with van der Waals surface area (Å²) < 4.78 is 0. The maximum absolute atomic E-state index is 9.67. The number of benzene rings is 2. The SMILES string of the molecule is Oc1cccc2c1ncc1ccccc12. The molecule has 72 valence electrons. The molecule has 0 aliphatic rings. The Hall–Kier alpha value is -2.09. The van der Waals surface area contributed by atoms with E-state index in [1.54, 1.807) is 12.3 Å². The number of aromatic nitrogens is 1. The first-order valence-corrected chi connectivity index (χ1v) is 4.82. The first-order valence-electron chi connectivity index (χ1n) is 4.82. The normalized spacial score (nSPS) is 10.9. The number of nitrogens with zero attached hydrogens (tertiary/aromatic N) is 1. The molecule has 2 nitrogen and oxygen atoms in total. The molecule has 0 spiro atoms. The summed E-state index contributed by atoms with van der Waals surface area (Å²) in [5.41, 5.74) is 0.663. The minimum absolute atomic E-state index is 0.234. The highest BCUT2D eigenvalue weighted by Gasteiger charge is 2.03. The van der Waals surface area contributed by atoms with Crippen molar-refractivity contribution in [3.8, 4) is 5.75 Å². The summed E-state index contributed by atoms with van der Waals surface area (Å²) >= 11 is 0. The van der Waals surface area contributed by atoms with Crippen LogP contribution in [0.5, 0.6) is 5.75 Å². The number of hydrogen-bond acceptors (Lipinski definition) is 2. The van der Waals surface area contributed by atoms with Crippen LogP contribution in [0.2, 0.25) is 0 Å². The van der Waals surface area contributed by atoms with Crippen LogP contribution >= 0.6 is 0 Å². The lowest BCUT2D eigenvalue weighted by atomic mass is 10.1. The van der Waals surface area contributed by atoms with Gasteiger partial charge < -0.3 is 5.11 Å². The monoisotopic (exact) mass is 195 g/mol. The molecule has 1 heterocycles. The highest BCUT2D eigenvalue weighted by atomic mass is 16.3. The van der Waals surface area contributed by atoms with E-state index in [1.165, 1.54) is 0 Å². The molecule has 3 aromatic rings. The number of pyridine rings is 1. The Morgan fingerprint density at radius 3 is 2.60 bits per heavy atom. The molecule has 0 saturated carbocycles. The van der Waals surface area contributed by atoms with Crippen LogP contribution in [-0.2, 0) is 0 Å². The van der Waals surface area contributed by atoms with Crippen LogP contribution in [0.3, 0.4) is 0 Å². The van der Waals surface area contributed by atoms with Gasteiger partial charge in [0.25, 0.3) is 0 Å². The average molecular weight is 195 g/mol. The standard InChI is InChI=1S/C13H9NO/c15-12-7-3-6-11-10-5-2-1-4-9(10)8-14-13(11)12/h1-8,15H. The van der Waals surface area contributed by atoms with Crippen molar-refractivity contribution in [2.45, 2.75) is 0 Å². The molecular formula is C13H9NO. The van der Waals surface area contributed by atoms with Crippen molar-refractivity contribution in [2.24, 2.45) is 0 Å². The van der Waals surface area contributed by atoms with Gasteiger partial charge in [-0.1, -0.05) is 36.4 Å². The number of phenols is 1. The van der Waals surface area contributed by atoms with E-state index in [4.69, 9.17) is 0 Å². The van der Waals surface area contributed by atoms with Gasteiger partial charge in [0.15, 0.2) is 0 Å². The van der Waals surface area contributed by atoms with E-state index in [1.807, 2.05) is 36.4 Å². The smallest absolute Gasteiger partial charge is 0.141 e. The molecule has 1 aromatic heterocycles. The third-order valence-corrected chi connectivity index (χ3v) is 2.60. The fourth-order valence-corrected chi connectivity index (χ4v) is 1.87. The van der Waals surface area contributed by atoms with Crippen molar-refractivity contribution in [1.29, 1.82) is 0 Å². The zero-order chi connectivity index (χ0) is 10.3. The van der Waals surface area contributed by atoms with E-state index in [-0.39, 0.29) is 5.75 Å². The molecule has 0 aliphatic heterocycles. The molecule has 0 bridgehead atoms. The summed E-state index contributed by atoms with van der Waals surface area (Å²) in [6, 6.07) is 13.5. The van der Waals surface area contributed by atoms with E-state index in [9.17, 15) is 5.11 Å². The van der Waals surface area contributed by atoms with Crippen LogP contribution in [-0.4, -0.2) is 10.1 Å². The Morgan fingerprint density at radius 2 is 1.67 bits per heavy atom. The van der Waals surface area contributed by atoms with Crippen molar-refractivity contribution in [1.82, 2.24) is 4.98 Å². The summed E-state index contributed by atoms with van der Waals surface area (Å²) in [6.07, 6.45) is 1.79. The lowest BCUT2D eigenvalue weighted by Crippen LogP contribution is -1.81. The van der Waals surface area contributed by atoms with Gasteiger partial charge in [-0.3, -0.25) is 4.98 Å². The number of para-hydroxylation sites is 1. The van der Waals surface area contributed by atoms with Crippen LogP contribution in [0.1, 0.15) is 0 Å². The molecular weight excluding hydrogens is 186 g/mol. The lowest BCUT2D eigenvalue weighted by molar-refractivity contribution is 0.480. The van der Waals surface area contributed by atoms with Crippen LogP contribution in [0.15, 0.2) is 48.7 Å². The zero-order valence-electron chi connectivity index (χ0n) is 8.01. The Balaban J connectivity index is 2.60. The predicted octanol–water partition coefficient (Wildman–Crippen LogP) is 3.09. The second-order valence-electron chi connectivity index (χ2n) is 3.52. The van der Waals surface area contributed by atoms with Crippen molar-refractivity contribution in [3.05, 3.63) is 48.7 Å². The molecule has 0 fully saturated rings. The van der Waals surface area contributed by atoms with Gasteiger partial charge in [-0.15, -0.1) is 0 Å². The first kappa shape index (κ1) is 8.24. The topological polar surface area (TPSA) is 33.1 Å². The molecule has 2 aromatic carbocycles. The van der Waals surface area contributed by atoms with Crippen LogP contribution in [0.25, 0.3) is 21.7 Å². The number of rotatable bonds is 0. The fraction of sp³-hybridized carbons (Fsp3) is 0. The van der Waals surface area contributed by atoms with Gasteiger partial charge in [0, 0.05) is 17.0 Å². The van der Waals surface area contributed by atoms with Crippen molar-refractivity contribution in [3.63, 3.8) is 0 Å². The van der Waals surface area contributed by atoms with E-state index in [0.29, 0.717) is 5.52 Å². The van der Waals surface area contributed by atoms with Gasteiger partial charge in [0.05, 0.1) is 0 Å². The van der Waals surface area contributed by atoms with Crippen LogP contribution < -0.4 is 0 Å². The second kappa shape index (κ2) is 2.95. The maximum Gasteiger partial charge on any atom is 0.141 e. The van der Waals surface area contributed by atoms with Crippen molar-refractivity contribution >= 4 is 21.7 Å². The van der Waals surface area contributed by atoms with E-state index in [2.05, 4.69) is 4.98 Å². The van der Waals surface area contributed by atoms with E-state index < -0.39 is 0 Å². The number of fused-ring (bicyclic) bond motifs is 3. The molecule has 0 saturated heterocycles. The quantitative estimate of drug-likeness (QED) is 0.559. The first-order chi connectivity index (χ1) is 7.36. The predicted molar refractivity (Wildman–Crippen MR) is 60.9 cm³/mol. The Labute approximate surface area is 86.8 Å². The lowest BCUT2D eigenvalue weighted by Gasteiger charge is -2.03. The molecule has 0 unspecified atom stereocenters. The molecule has 0 aliphatic carbocycles. The van der Waals surface area contributed by atoms with Gasteiger partial charge >= 0.3 is 0 Å². The highest BCUT2D eigenvalue weighted by Crippen LogP contribution is 2.28. The number of aromatic hydroxyl groups is 1. The summed E-state index contributed by atoms with van der Waals surface area (Å²) in [5, 5.41) is 12.9. The molecule has 15 heavy (non-hydrogen) atoms. The fourth-order valence-electron chi connectivity index (χ4n) is 1.87. The summed E-state index contributed by atoms with van der Waals surface area (Å²) in [5.74, 6) is 0.234. The van der Waals surface area contributed by atoms with Crippen molar-refractivity contribution in [2.75, 3.05) is 0 Å². The Bertz CT molecular complexity index is 646. The third-order valence-electron chi connectivity index (χ3n) is 2.60. The number of hydrogen-bond donors (Lipinski definition) is 1. The zero-order valence-corrected chi connectivity index (χ0v) is 8.01. The van der Waals surface area contributed by atoms with Gasteiger partial charge in [-0.05, 0) is 11.5 Å². The van der Waals surface area contributed by atoms with E-state index in [0.717, 1.165) is 16.2 Å². The van der Waals surface area contributed by atoms with Gasteiger partial charge in [-0.2, -0.15) is 0 Å². The molecule has 2 heteroatoms. The van der Waals surface area contributed by atoms with Crippen LogP contribution in [0.4, 0.5) is 0 Å². The highest BCUT2D eigenvalue weighted by molar-refractivity contribution is 6.06.